The number of hydrogen-bond donors (Lipinski definition) is 1. The van der Waals surface area contributed by atoms with Crippen molar-refractivity contribution in [3.05, 3.63) is 96.2 Å². The third-order valence-corrected chi connectivity index (χ3v) is 5.98. The summed E-state index contributed by atoms with van der Waals surface area (Å²) in [5.41, 5.74) is 8.38. The van der Waals surface area contributed by atoms with Gasteiger partial charge in [0.1, 0.15) is 12.1 Å². The topological polar surface area (TPSA) is 76.9 Å². The van der Waals surface area contributed by atoms with Crippen LogP contribution in [-0.2, 0) is 6.54 Å². The van der Waals surface area contributed by atoms with Gasteiger partial charge in [0.05, 0.1) is 5.70 Å². The molecule has 1 unspecified atom stereocenters. The molecule has 0 radical (unpaired) electrons. The van der Waals surface area contributed by atoms with Crippen LogP contribution in [0.3, 0.4) is 0 Å². The van der Waals surface area contributed by atoms with Crippen molar-refractivity contribution in [2.24, 2.45) is 10.9 Å². The minimum Gasteiger partial charge on any atom is -0.341 e. The van der Waals surface area contributed by atoms with Crippen molar-refractivity contribution in [1.82, 2.24) is 9.88 Å². The Balaban J connectivity index is 1.87. The lowest BCUT2D eigenvalue weighted by atomic mass is 9.93. The molecule has 166 valence electrons. The average molecular weight is 444 g/mol. The lowest BCUT2D eigenvalue weighted by molar-refractivity contribution is 0.753. The van der Waals surface area contributed by atoms with Gasteiger partial charge in [0.2, 0.25) is 0 Å². The van der Waals surface area contributed by atoms with E-state index < -0.39 is 0 Å². The van der Waals surface area contributed by atoms with E-state index in [1.165, 1.54) is 21.8 Å². The summed E-state index contributed by atoms with van der Waals surface area (Å²) in [6.07, 6.45) is 6.56. The fourth-order valence-electron chi connectivity index (χ4n) is 4.44. The predicted octanol–water partition coefficient (Wildman–Crippen LogP) is 6.38. The molecule has 0 saturated heterocycles. The van der Waals surface area contributed by atoms with Gasteiger partial charge in [0.25, 0.3) is 0 Å². The zero-order chi connectivity index (χ0) is 24.1. The first-order valence-corrected chi connectivity index (χ1v) is 11.2. The molecule has 34 heavy (non-hydrogen) atoms. The number of allylic oxidation sites excluding steroid dienone is 5. The summed E-state index contributed by atoms with van der Waals surface area (Å²) in [5, 5.41) is 24.7. The minimum absolute atomic E-state index is 0.0685. The van der Waals surface area contributed by atoms with Gasteiger partial charge in [-0.2, -0.15) is 10.5 Å². The second kappa shape index (κ2) is 9.92. The van der Waals surface area contributed by atoms with Crippen LogP contribution in [0.1, 0.15) is 25.3 Å². The van der Waals surface area contributed by atoms with Gasteiger partial charge in [-0.3, -0.25) is 0 Å². The highest BCUT2D eigenvalue weighted by Crippen LogP contribution is 2.30. The van der Waals surface area contributed by atoms with Gasteiger partial charge >= 0.3 is 0 Å². The molecule has 2 aromatic carbocycles. The van der Waals surface area contributed by atoms with Gasteiger partial charge in [-0.1, -0.05) is 42.1 Å². The molecule has 1 N–H and O–H groups in total. The van der Waals surface area contributed by atoms with Gasteiger partial charge < -0.3 is 9.88 Å². The maximum atomic E-state index is 9.61. The zero-order valence-corrected chi connectivity index (χ0v) is 19.2. The Hall–Kier alpha value is -4.57. The Labute approximate surface area is 199 Å². The molecule has 0 amide bonds. The van der Waals surface area contributed by atoms with E-state index in [-0.39, 0.29) is 17.3 Å². The molecule has 0 spiro atoms. The van der Waals surface area contributed by atoms with Gasteiger partial charge in [0.15, 0.2) is 11.4 Å². The number of nitriles is 2. The Morgan fingerprint density at radius 3 is 2.56 bits per heavy atom. The number of aromatic nitrogens is 1. The van der Waals surface area contributed by atoms with Crippen LogP contribution >= 0.6 is 0 Å². The van der Waals surface area contributed by atoms with Gasteiger partial charge in [0, 0.05) is 46.4 Å². The normalized spacial score (nSPS) is 15.6. The molecule has 4 rings (SSSR count). The van der Waals surface area contributed by atoms with E-state index in [0.29, 0.717) is 18.5 Å². The van der Waals surface area contributed by atoms with E-state index in [2.05, 4.69) is 89.2 Å². The van der Waals surface area contributed by atoms with E-state index in [9.17, 15) is 10.5 Å². The molecule has 2 heterocycles. The van der Waals surface area contributed by atoms with Gasteiger partial charge in [-0.05, 0) is 43.2 Å². The van der Waals surface area contributed by atoms with Crippen LogP contribution < -0.4 is 5.32 Å². The van der Waals surface area contributed by atoms with E-state index in [1.807, 2.05) is 18.2 Å². The monoisotopic (exact) mass is 443 g/mol. The maximum absolute atomic E-state index is 9.61. The molecule has 0 fully saturated rings. The molecular weight excluding hydrogens is 418 g/mol. The van der Waals surface area contributed by atoms with E-state index in [0.717, 1.165) is 17.8 Å². The van der Waals surface area contributed by atoms with Crippen molar-refractivity contribution < 1.29 is 0 Å². The van der Waals surface area contributed by atoms with E-state index in [1.54, 1.807) is 6.08 Å². The molecule has 1 aromatic heterocycles. The summed E-state index contributed by atoms with van der Waals surface area (Å²) < 4.78 is 2.31. The quantitative estimate of drug-likeness (QED) is 0.355. The Morgan fingerprint density at radius 2 is 1.85 bits per heavy atom. The summed E-state index contributed by atoms with van der Waals surface area (Å²) in [7, 11) is 0. The summed E-state index contributed by atoms with van der Waals surface area (Å²) in [6.45, 7) is 10.7. The molecule has 3 aromatic rings. The van der Waals surface area contributed by atoms with Crippen LogP contribution in [0.15, 0.2) is 95.6 Å². The molecular formula is C29H25N5. The first-order chi connectivity index (χ1) is 16.6. The first kappa shape index (κ1) is 22.6. The average Bonchev–Trinajstić information content (AvgIpc) is 3.11. The summed E-state index contributed by atoms with van der Waals surface area (Å²) in [5.74, 6) is -0.188. The number of aliphatic imine (C=N–C) groups is 1. The number of aryl methyl sites for hydroxylation is 1. The summed E-state index contributed by atoms with van der Waals surface area (Å²) >= 11 is 0. The van der Waals surface area contributed by atoms with Crippen LogP contribution in [0.4, 0.5) is 0 Å². The van der Waals surface area contributed by atoms with Crippen molar-refractivity contribution in [2.45, 2.75) is 26.3 Å². The maximum Gasteiger partial charge on any atom is 0.174 e. The van der Waals surface area contributed by atoms with Crippen LogP contribution in [-0.4, -0.2) is 10.3 Å². The molecule has 5 nitrogen and oxygen atoms in total. The Bertz CT molecular complexity index is 1510. The number of benzene rings is 2. The van der Waals surface area contributed by atoms with Crippen molar-refractivity contribution in [3.8, 4) is 12.1 Å². The Kier molecular flexibility index (Phi) is 6.60. The highest BCUT2D eigenvalue weighted by molar-refractivity contribution is 6.08. The number of hydrogen-bond acceptors (Lipinski definition) is 4. The summed E-state index contributed by atoms with van der Waals surface area (Å²) in [6, 6.07) is 18.9. The number of fused-ring (bicyclic) bond motifs is 3. The van der Waals surface area contributed by atoms with Crippen LogP contribution in [0, 0.1) is 28.6 Å². The highest BCUT2D eigenvalue weighted by atomic mass is 15.0. The van der Waals surface area contributed by atoms with Crippen LogP contribution in [0.5, 0.6) is 0 Å². The molecule has 5 heteroatoms. The molecule has 1 atom stereocenters. The van der Waals surface area contributed by atoms with Gasteiger partial charge in [-0.25, -0.2) is 4.99 Å². The van der Waals surface area contributed by atoms with Crippen LogP contribution in [0.25, 0.3) is 27.9 Å². The minimum atomic E-state index is -0.188. The molecule has 1 aliphatic rings. The van der Waals surface area contributed by atoms with Crippen LogP contribution in [0.2, 0.25) is 0 Å². The predicted molar refractivity (Wildman–Crippen MR) is 139 cm³/mol. The molecule has 0 saturated carbocycles. The van der Waals surface area contributed by atoms with E-state index >= 15 is 0 Å². The standard InChI is InChI=1S/C29H25N5/c1-4-9-22-24(10-5-2)32-26(18-30)27(19-31)33-25(22)15-13-20-14-16-29-23(17-20)21-11-7-8-12-28(21)34(29)6-3/h4-5,7-8,11-14,16-17,22,33H,1-2,6,9-10H2,3H3. The molecule has 1 aliphatic heterocycles. The van der Waals surface area contributed by atoms with Crippen molar-refractivity contribution in [2.75, 3.05) is 0 Å². The van der Waals surface area contributed by atoms with E-state index in [4.69, 9.17) is 0 Å². The third-order valence-electron chi connectivity index (χ3n) is 5.98. The van der Waals surface area contributed by atoms with Gasteiger partial charge in [-0.15, -0.1) is 13.2 Å². The number of nitrogens with one attached hydrogen (secondary N) is 1. The fraction of sp³-hybridized carbons (Fsp3) is 0.172. The third kappa shape index (κ3) is 4.09. The Morgan fingerprint density at radius 1 is 1.06 bits per heavy atom. The number of rotatable bonds is 6. The lowest BCUT2D eigenvalue weighted by Crippen LogP contribution is -2.23. The molecule has 0 bridgehead atoms. The second-order valence-corrected chi connectivity index (χ2v) is 7.99. The highest BCUT2D eigenvalue weighted by Gasteiger charge is 2.25. The number of nitrogens with zero attached hydrogens (tertiary/aromatic N) is 4. The second-order valence-electron chi connectivity index (χ2n) is 7.99. The smallest absolute Gasteiger partial charge is 0.174 e. The summed E-state index contributed by atoms with van der Waals surface area (Å²) in [4.78, 5) is 4.48. The SMILES string of the molecule is C=CCC1=NC(C#N)=C(C#N)NC(=C=Cc2ccc3c(c2)c2ccccc2n3CC)C1CC=C. The van der Waals surface area contributed by atoms with Crippen molar-refractivity contribution in [3.63, 3.8) is 0 Å². The zero-order valence-electron chi connectivity index (χ0n) is 19.2. The largest absolute Gasteiger partial charge is 0.341 e. The number of para-hydroxylation sites is 1. The fourth-order valence-corrected chi connectivity index (χ4v) is 4.44. The molecule has 0 aliphatic carbocycles. The first-order valence-electron chi connectivity index (χ1n) is 11.2. The van der Waals surface area contributed by atoms with Crippen molar-refractivity contribution >= 4 is 33.6 Å². The lowest BCUT2D eigenvalue weighted by Gasteiger charge is -2.17. The van der Waals surface area contributed by atoms with Crippen molar-refractivity contribution in [1.29, 1.82) is 10.5 Å².